The third-order valence-corrected chi connectivity index (χ3v) is 4.99. The molecule has 2 heteroatoms. The number of benzene rings is 1. The maximum absolute atomic E-state index is 13.4. The van der Waals surface area contributed by atoms with Crippen molar-refractivity contribution in [3.05, 3.63) is 35.1 Å². The number of hydrogen-bond acceptors (Lipinski definition) is 1. The van der Waals surface area contributed by atoms with Crippen molar-refractivity contribution in [3.63, 3.8) is 0 Å². The van der Waals surface area contributed by atoms with Gasteiger partial charge >= 0.3 is 0 Å². The van der Waals surface area contributed by atoms with Gasteiger partial charge in [-0.3, -0.25) is 0 Å². The Balaban J connectivity index is 2.28. The van der Waals surface area contributed by atoms with Crippen LogP contribution in [-0.2, 0) is 5.41 Å². The van der Waals surface area contributed by atoms with Crippen LogP contribution in [-0.4, -0.2) is 6.04 Å². The fourth-order valence-electron chi connectivity index (χ4n) is 3.58. The van der Waals surface area contributed by atoms with E-state index in [1.807, 2.05) is 19.1 Å². The second-order valence-electron chi connectivity index (χ2n) is 6.87. The molecule has 0 aromatic heterocycles. The van der Waals surface area contributed by atoms with Crippen LogP contribution in [0.1, 0.15) is 51.2 Å². The number of aryl methyl sites for hydroxylation is 1. The molecule has 0 amide bonds. The number of rotatable bonds is 2. The zero-order chi connectivity index (χ0) is 14.2. The molecule has 2 N–H and O–H groups in total. The minimum atomic E-state index is -0.124. The molecule has 1 aliphatic carbocycles. The third kappa shape index (κ3) is 2.84. The van der Waals surface area contributed by atoms with Crippen LogP contribution in [0, 0.1) is 24.6 Å². The van der Waals surface area contributed by atoms with Gasteiger partial charge in [-0.05, 0) is 54.2 Å². The second-order valence-corrected chi connectivity index (χ2v) is 6.87. The lowest BCUT2D eigenvalue weighted by molar-refractivity contribution is 0.171. The molecule has 19 heavy (non-hydrogen) atoms. The van der Waals surface area contributed by atoms with Crippen LogP contribution in [0.4, 0.5) is 4.39 Å². The van der Waals surface area contributed by atoms with E-state index < -0.39 is 0 Å². The molecule has 0 saturated heterocycles. The van der Waals surface area contributed by atoms with E-state index in [1.165, 1.54) is 18.4 Å². The molecule has 0 bridgehead atoms. The Kier molecular flexibility index (Phi) is 4.00. The first kappa shape index (κ1) is 14.5. The number of nitrogens with two attached hydrogens (primary N) is 1. The SMILES string of the molecule is Cc1cc(C(C)(C)C2CCC(C)CC2N)ccc1F. The van der Waals surface area contributed by atoms with E-state index in [1.54, 1.807) is 6.07 Å². The fraction of sp³-hybridized carbons (Fsp3) is 0.647. The van der Waals surface area contributed by atoms with Gasteiger partial charge in [-0.2, -0.15) is 0 Å². The molecule has 3 atom stereocenters. The van der Waals surface area contributed by atoms with E-state index in [0.717, 1.165) is 17.9 Å². The van der Waals surface area contributed by atoms with Gasteiger partial charge in [0.2, 0.25) is 0 Å². The summed E-state index contributed by atoms with van der Waals surface area (Å²) >= 11 is 0. The van der Waals surface area contributed by atoms with Crippen molar-refractivity contribution in [2.45, 2.75) is 58.4 Å². The maximum atomic E-state index is 13.4. The van der Waals surface area contributed by atoms with Gasteiger partial charge < -0.3 is 5.73 Å². The summed E-state index contributed by atoms with van der Waals surface area (Å²) in [6.45, 7) is 8.61. The molecule has 0 aliphatic heterocycles. The first-order valence-electron chi connectivity index (χ1n) is 7.34. The highest BCUT2D eigenvalue weighted by Gasteiger charge is 2.38. The van der Waals surface area contributed by atoms with Crippen LogP contribution in [0.25, 0.3) is 0 Å². The van der Waals surface area contributed by atoms with E-state index in [-0.39, 0.29) is 17.3 Å². The predicted molar refractivity (Wildman–Crippen MR) is 78.6 cm³/mol. The fourth-order valence-corrected chi connectivity index (χ4v) is 3.58. The van der Waals surface area contributed by atoms with Crippen LogP contribution in [0.2, 0.25) is 0 Å². The van der Waals surface area contributed by atoms with E-state index in [4.69, 9.17) is 5.73 Å². The van der Waals surface area contributed by atoms with E-state index in [9.17, 15) is 4.39 Å². The van der Waals surface area contributed by atoms with Crippen LogP contribution in [0.15, 0.2) is 18.2 Å². The quantitative estimate of drug-likeness (QED) is 0.851. The van der Waals surface area contributed by atoms with Crippen molar-refractivity contribution in [3.8, 4) is 0 Å². The van der Waals surface area contributed by atoms with Crippen molar-refractivity contribution in [1.82, 2.24) is 0 Å². The largest absolute Gasteiger partial charge is 0.327 e. The normalized spacial score (nSPS) is 28.4. The molecule has 1 saturated carbocycles. The Morgan fingerprint density at radius 3 is 2.53 bits per heavy atom. The molecule has 1 aromatic carbocycles. The Hall–Kier alpha value is -0.890. The van der Waals surface area contributed by atoms with Gasteiger partial charge in [0.25, 0.3) is 0 Å². The topological polar surface area (TPSA) is 26.0 Å². The van der Waals surface area contributed by atoms with E-state index in [0.29, 0.717) is 5.92 Å². The van der Waals surface area contributed by atoms with Crippen molar-refractivity contribution >= 4 is 0 Å². The predicted octanol–water partition coefficient (Wildman–Crippen LogP) is 4.18. The van der Waals surface area contributed by atoms with Gasteiger partial charge in [0, 0.05) is 6.04 Å². The summed E-state index contributed by atoms with van der Waals surface area (Å²) in [6, 6.07) is 5.75. The van der Waals surface area contributed by atoms with Gasteiger partial charge in [0.1, 0.15) is 5.82 Å². The molecule has 0 heterocycles. The summed E-state index contributed by atoms with van der Waals surface area (Å²) in [4.78, 5) is 0. The van der Waals surface area contributed by atoms with Crippen LogP contribution in [0.3, 0.4) is 0 Å². The third-order valence-electron chi connectivity index (χ3n) is 4.99. The first-order chi connectivity index (χ1) is 8.82. The summed E-state index contributed by atoms with van der Waals surface area (Å²) in [5, 5.41) is 0. The Morgan fingerprint density at radius 1 is 1.26 bits per heavy atom. The molecular formula is C17H26FN. The Bertz CT molecular complexity index is 453. The lowest BCUT2D eigenvalue weighted by Gasteiger charge is -2.43. The van der Waals surface area contributed by atoms with Crippen molar-refractivity contribution in [2.24, 2.45) is 17.6 Å². The van der Waals surface area contributed by atoms with E-state index >= 15 is 0 Å². The van der Waals surface area contributed by atoms with Gasteiger partial charge in [0.05, 0.1) is 0 Å². The maximum Gasteiger partial charge on any atom is 0.126 e. The zero-order valence-corrected chi connectivity index (χ0v) is 12.5. The summed E-state index contributed by atoms with van der Waals surface area (Å²) in [7, 11) is 0. The van der Waals surface area contributed by atoms with E-state index in [2.05, 4.69) is 20.8 Å². The van der Waals surface area contributed by atoms with Gasteiger partial charge in [-0.15, -0.1) is 0 Å². The molecular weight excluding hydrogens is 237 g/mol. The Labute approximate surface area is 116 Å². The lowest BCUT2D eigenvalue weighted by atomic mass is 9.64. The number of halogens is 1. The summed E-state index contributed by atoms with van der Waals surface area (Å²) in [6.07, 6.45) is 3.53. The molecule has 106 valence electrons. The average Bonchev–Trinajstić information content (AvgIpc) is 2.32. The molecule has 1 nitrogen and oxygen atoms in total. The van der Waals surface area contributed by atoms with Crippen molar-refractivity contribution < 1.29 is 4.39 Å². The highest BCUT2D eigenvalue weighted by Crippen LogP contribution is 2.41. The zero-order valence-electron chi connectivity index (χ0n) is 12.5. The van der Waals surface area contributed by atoms with Crippen molar-refractivity contribution in [1.29, 1.82) is 0 Å². The number of hydrogen-bond donors (Lipinski definition) is 1. The Morgan fingerprint density at radius 2 is 1.95 bits per heavy atom. The molecule has 0 radical (unpaired) electrons. The molecule has 2 rings (SSSR count). The highest BCUT2D eigenvalue weighted by molar-refractivity contribution is 5.31. The average molecular weight is 263 g/mol. The molecule has 1 aliphatic rings. The second kappa shape index (κ2) is 5.24. The summed E-state index contributed by atoms with van der Waals surface area (Å²) in [5.74, 6) is 1.09. The lowest BCUT2D eigenvalue weighted by Crippen LogP contribution is -2.45. The molecule has 0 spiro atoms. The van der Waals surface area contributed by atoms with Crippen LogP contribution >= 0.6 is 0 Å². The molecule has 3 unspecified atom stereocenters. The molecule has 1 aromatic rings. The molecule has 1 fully saturated rings. The van der Waals surface area contributed by atoms with Gasteiger partial charge in [-0.25, -0.2) is 4.39 Å². The van der Waals surface area contributed by atoms with Crippen LogP contribution in [0.5, 0.6) is 0 Å². The smallest absolute Gasteiger partial charge is 0.126 e. The highest BCUT2D eigenvalue weighted by atomic mass is 19.1. The monoisotopic (exact) mass is 263 g/mol. The van der Waals surface area contributed by atoms with Crippen molar-refractivity contribution in [2.75, 3.05) is 0 Å². The van der Waals surface area contributed by atoms with Gasteiger partial charge in [0.15, 0.2) is 0 Å². The summed E-state index contributed by atoms with van der Waals surface area (Å²) < 4.78 is 13.4. The minimum Gasteiger partial charge on any atom is -0.327 e. The van der Waals surface area contributed by atoms with Gasteiger partial charge in [-0.1, -0.05) is 39.3 Å². The standard InChI is InChI=1S/C17H26FN/c1-11-5-7-14(16(19)9-11)17(3,4)13-6-8-15(18)12(2)10-13/h6,8,10-11,14,16H,5,7,9,19H2,1-4H3. The minimum absolute atomic E-state index is 0.0119. The van der Waals surface area contributed by atoms with Crippen LogP contribution < -0.4 is 5.73 Å². The first-order valence-corrected chi connectivity index (χ1v) is 7.34. The summed E-state index contributed by atoms with van der Waals surface area (Å²) in [5.41, 5.74) is 8.33.